The molecule has 1 fully saturated rings. The van der Waals surface area contributed by atoms with E-state index in [0.717, 1.165) is 15.1 Å². The number of amides is 1. The number of imidazole rings is 1. The normalized spacial score (nSPS) is 13.8. The average Bonchev–Trinajstić information content (AvgIpc) is 3.23. The van der Waals surface area contributed by atoms with Crippen molar-refractivity contribution in [3.8, 4) is 0 Å². The van der Waals surface area contributed by atoms with E-state index in [1.54, 1.807) is 45.2 Å². The number of nitrogens with zero attached hydrogens (tertiary/aromatic N) is 6. The zero-order valence-corrected chi connectivity index (χ0v) is 19.5. The van der Waals surface area contributed by atoms with Gasteiger partial charge >= 0.3 is 0 Å². The van der Waals surface area contributed by atoms with E-state index >= 15 is 0 Å². The van der Waals surface area contributed by atoms with Crippen LogP contribution in [0.4, 0.5) is 0 Å². The summed E-state index contributed by atoms with van der Waals surface area (Å²) in [5.41, 5.74) is 2.83. The summed E-state index contributed by atoms with van der Waals surface area (Å²) in [6, 6.07) is 6.07. The van der Waals surface area contributed by atoms with Crippen molar-refractivity contribution in [2.75, 3.05) is 0 Å². The molecule has 0 aromatic carbocycles. The van der Waals surface area contributed by atoms with Crippen LogP contribution in [0, 0.1) is 0 Å². The van der Waals surface area contributed by atoms with Crippen molar-refractivity contribution >= 4 is 56.2 Å². The van der Waals surface area contributed by atoms with Crippen molar-refractivity contribution in [3.63, 3.8) is 0 Å². The first-order valence-electron chi connectivity index (χ1n) is 10.4. The molecule has 0 unspecified atom stereocenters. The molecule has 5 aromatic heterocycles. The molecular weight excluding hydrogens is 481 g/mol. The molecule has 0 saturated heterocycles. The number of nitrogens with one attached hydrogen (secondary N) is 1. The van der Waals surface area contributed by atoms with E-state index < -0.39 is 0 Å². The molecule has 5 heterocycles. The van der Waals surface area contributed by atoms with Gasteiger partial charge in [-0.3, -0.25) is 4.79 Å². The van der Waals surface area contributed by atoms with Crippen LogP contribution in [0.1, 0.15) is 45.4 Å². The van der Waals surface area contributed by atoms with Crippen LogP contribution in [0.2, 0.25) is 10.0 Å². The molecule has 1 aliphatic rings. The molecule has 1 saturated carbocycles. The molecule has 0 spiro atoms. The van der Waals surface area contributed by atoms with Crippen LogP contribution in [-0.2, 0) is 13.1 Å². The molecule has 8 nitrogen and oxygen atoms in total. The quantitative estimate of drug-likeness (QED) is 0.367. The zero-order chi connectivity index (χ0) is 22.5. The minimum atomic E-state index is -0.340. The molecule has 166 valence electrons. The zero-order valence-electron chi connectivity index (χ0n) is 17.2. The van der Waals surface area contributed by atoms with Crippen LogP contribution < -0.4 is 5.32 Å². The van der Waals surface area contributed by atoms with Gasteiger partial charge in [-0.25, -0.2) is 14.6 Å². The molecule has 0 bridgehead atoms. The van der Waals surface area contributed by atoms with E-state index in [2.05, 4.69) is 37.7 Å². The maximum Gasteiger partial charge on any atom is 0.273 e. The van der Waals surface area contributed by atoms with Gasteiger partial charge in [0.15, 0.2) is 5.69 Å². The monoisotopic (exact) mass is 497 g/mol. The third-order valence-electron chi connectivity index (χ3n) is 5.67. The number of aromatic nitrogens is 6. The van der Waals surface area contributed by atoms with Crippen molar-refractivity contribution in [1.82, 2.24) is 34.7 Å². The van der Waals surface area contributed by atoms with Crippen LogP contribution in [-0.4, -0.2) is 35.3 Å². The number of thiophene rings is 1. The van der Waals surface area contributed by atoms with Crippen LogP contribution >= 0.6 is 34.5 Å². The van der Waals surface area contributed by atoms with Crippen LogP contribution in [0.25, 0.3) is 15.7 Å². The molecule has 1 N–H and O–H groups in total. The molecule has 1 amide bonds. The molecule has 1 aliphatic carbocycles. The molecule has 5 aromatic rings. The fourth-order valence-corrected chi connectivity index (χ4v) is 5.22. The summed E-state index contributed by atoms with van der Waals surface area (Å²) in [6.07, 6.45) is 9.53. The standard InChI is InChI=1S/C22H17Cl2N7OS/c23-16-3-4-30-11-27-17(20(30)19(16)24)8-25-21(32)18-10-31(29-28-18)9-15-6-13-5-14(12-1-2-12)7-26-22(13)33-15/h3-7,10-12H,1-2,8-9H2,(H,25,32). The Kier molecular flexibility index (Phi) is 5.05. The average molecular weight is 498 g/mol. The Morgan fingerprint density at radius 3 is 2.97 bits per heavy atom. The Morgan fingerprint density at radius 2 is 2.12 bits per heavy atom. The summed E-state index contributed by atoms with van der Waals surface area (Å²) < 4.78 is 3.42. The number of rotatable bonds is 6. The number of pyridine rings is 2. The summed E-state index contributed by atoms with van der Waals surface area (Å²) in [6.45, 7) is 0.716. The van der Waals surface area contributed by atoms with Gasteiger partial charge in [-0.2, -0.15) is 0 Å². The van der Waals surface area contributed by atoms with Gasteiger partial charge in [0.1, 0.15) is 4.83 Å². The smallest absolute Gasteiger partial charge is 0.273 e. The summed E-state index contributed by atoms with van der Waals surface area (Å²) >= 11 is 14.0. The van der Waals surface area contributed by atoms with E-state index in [9.17, 15) is 4.79 Å². The summed E-state index contributed by atoms with van der Waals surface area (Å²) in [7, 11) is 0. The maximum atomic E-state index is 12.6. The van der Waals surface area contributed by atoms with Gasteiger partial charge in [0.25, 0.3) is 5.91 Å². The molecule has 11 heteroatoms. The molecule has 33 heavy (non-hydrogen) atoms. The Morgan fingerprint density at radius 1 is 1.24 bits per heavy atom. The fourth-order valence-electron chi connectivity index (χ4n) is 3.83. The van der Waals surface area contributed by atoms with Gasteiger partial charge in [0.2, 0.25) is 0 Å². The number of carbonyl (C=O) groups is 1. The maximum absolute atomic E-state index is 12.6. The second-order valence-corrected chi connectivity index (χ2v) is 9.96. The predicted molar refractivity (Wildman–Crippen MR) is 127 cm³/mol. The fraction of sp³-hybridized carbons (Fsp3) is 0.227. The SMILES string of the molecule is O=C(NCc1ncn2ccc(Cl)c(Cl)c12)c1cn(Cc2cc3cc(C4CC4)cnc3s2)nn1. The Balaban J connectivity index is 1.14. The number of fused-ring (bicyclic) bond motifs is 2. The number of hydrogen-bond donors (Lipinski definition) is 1. The van der Waals surface area contributed by atoms with Crippen LogP contribution in [0.15, 0.2) is 43.1 Å². The predicted octanol–water partition coefficient (Wildman–Crippen LogP) is 4.70. The highest BCUT2D eigenvalue weighted by atomic mass is 35.5. The number of halogens is 2. The highest BCUT2D eigenvalue weighted by Crippen LogP contribution is 2.41. The summed E-state index contributed by atoms with van der Waals surface area (Å²) in [4.78, 5) is 23.7. The lowest BCUT2D eigenvalue weighted by Gasteiger charge is -2.04. The minimum Gasteiger partial charge on any atom is -0.345 e. The largest absolute Gasteiger partial charge is 0.345 e. The third-order valence-corrected chi connectivity index (χ3v) is 7.51. The van der Waals surface area contributed by atoms with Crippen LogP contribution in [0.3, 0.4) is 0 Å². The Bertz CT molecular complexity index is 1520. The topological polar surface area (TPSA) is 90.0 Å². The summed E-state index contributed by atoms with van der Waals surface area (Å²) in [5.74, 6) is 0.336. The molecule has 6 rings (SSSR count). The van der Waals surface area contributed by atoms with E-state index in [-0.39, 0.29) is 18.1 Å². The molecule has 0 atom stereocenters. The van der Waals surface area contributed by atoms with Crippen molar-refractivity contribution < 1.29 is 4.79 Å². The van der Waals surface area contributed by atoms with Gasteiger partial charge in [0.05, 0.1) is 46.9 Å². The van der Waals surface area contributed by atoms with Crippen molar-refractivity contribution in [2.24, 2.45) is 0 Å². The lowest BCUT2D eigenvalue weighted by atomic mass is 10.1. The highest BCUT2D eigenvalue weighted by molar-refractivity contribution is 7.18. The first-order chi connectivity index (χ1) is 16.0. The van der Waals surface area contributed by atoms with E-state index in [4.69, 9.17) is 23.2 Å². The van der Waals surface area contributed by atoms with E-state index in [0.29, 0.717) is 33.7 Å². The van der Waals surface area contributed by atoms with E-state index in [1.165, 1.54) is 18.4 Å². The molecule has 0 radical (unpaired) electrons. The van der Waals surface area contributed by atoms with Crippen molar-refractivity contribution in [1.29, 1.82) is 0 Å². The lowest BCUT2D eigenvalue weighted by Crippen LogP contribution is -2.23. The Labute approximate surface area is 202 Å². The van der Waals surface area contributed by atoms with Gasteiger partial charge in [-0.15, -0.1) is 16.4 Å². The van der Waals surface area contributed by atoms with Gasteiger partial charge in [-0.1, -0.05) is 28.4 Å². The Hall–Kier alpha value is -3.01. The first kappa shape index (κ1) is 20.6. The van der Waals surface area contributed by atoms with E-state index in [1.807, 2.05) is 6.20 Å². The van der Waals surface area contributed by atoms with Crippen molar-refractivity contribution in [2.45, 2.75) is 31.8 Å². The number of carbonyl (C=O) groups excluding carboxylic acids is 1. The lowest BCUT2D eigenvalue weighted by molar-refractivity contribution is 0.0945. The van der Waals surface area contributed by atoms with Gasteiger partial charge in [-0.05, 0) is 42.5 Å². The summed E-state index contributed by atoms with van der Waals surface area (Å²) in [5, 5.41) is 12.9. The minimum absolute atomic E-state index is 0.188. The highest BCUT2D eigenvalue weighted by Gasteiger charge is 2.24. The van der Waals surface area contributed by atoms with Gasteiger partial charge in [0, 0.05) is 22.7 Å². The second-order valence-electron chi connectivity index (χ2n) is 8.06. The van der Waals surface area contributed by atoms with Crippen LogP contribution in [0.5, 0.6) is 0 Å². The molecular formula is C22H17Cl2N7OS. The second kappa shape index (κ2) is 8.09. The van der Waals surface area contributed by atoms with Crippen molar-refractivity contribution in [3.05, 3.63) is 75.0 Å². The first-order valence-corrected chi connectivity index (χ1v) is 12.0. The van der Waals surface area contributed by atoms with Gasteiger partial charge < -0.3 is 9.72 Å². The third kappa shape index (κ3) is 3.96. The number of hydrogen-bond acceptors (Lipinski definition) is 6. The molecule has 0 aliphatic heterocycles.